The molecule has 0 fully saturated rings. The van der Waals surface area contributed by atoms with Crippen LogP contribution in [-0.4, -0.2) is 37.0 Å². The fourth-order valence-electron chi connectivity index (χ4n) is 2.72. The van der Waals surface area contributed by atoms with Crippen molar-refractivity contribution in [3.05, 3.63) is 57.5 Å². The number of ether oxygens (including phenoxy) is 1. The van der Waals surface area contributed by atoms with Gasteiger partial charge in [-0.05, 0) is 52.3 Å². The summed E-state index contributed by atoms with van der Waals surface area (Å²) < 4.78 is 38.1. The topological polar surface area (TPSA) is 85.5 Å². The van der Waals surface area contributed by atoms with E-state index >= 15 is 0 Å². The molecule has 154 valence electrons. The highest BCUT2D eigenvalue weighted by Crippen LogP contribution is 2.26. The van der Waals surface area contributed by atoms with E-state index in [0.717, 1.165) is 5.56 Å². The molecule has 3 rings (SSSR count). The smallest absolute Gasteiger partial charge is 0.243 e. The summed E-state index contributed by atoms with van der Waals surface area (Å²) in [7, 11) is -0.687. The maximum absolute atomic E-state index is 12.9. The van der Waals surface area contributed by atoms with Gasteiger partial charge >= 0.3 is 0 Å². The third-order valence-corrected chi connectivity index (χ3v) is 7.14. The second-order valence-electron chi connectivity index (χ2n) is 6.85. The van der Waals surface area contributed by atoms with Gasteiger partial charge in [0.05, 0.1) is 22.1 Å². The normalized spacial score (nSPS) is 12.0. The van der Waals surface area contributed by atoms with Crippen LogP contribution in [0.2, 0.25) is 0 Å². The second-order valence-corrected chi connectivity index (χ2v) is 10.1. The van der Waals surface area contributed by atoms with Crippen molar-refractivity contribution in [3.63, 3.8) is 0 Å². The highest BCUT2D eigenvalue weighted by molar-refractivity contribution is 14.1. The molecule has 0 bridgehead atoms. The number of sulfonamides is 1. The summed E-state index contributed by atoms with van der Waals surface area (Å²) in [6.45, 7) is 4.23. The molecule has 0 saturated heterocycles. The minimum atomic E-state index is -3.71. The van der Waals surface area contributed by atoms with Crippen LogP contribution in [0.15, 0.2) is 51.9 Å². The first kappa shape index (κ1) is 21.7. The molecule has 3 aromatic rings. The number of hydrogen-bond donors (Lipinski definition) is 0. The van der Waals surface area contributed by atoms with Crippen LogP contribution in [0.1, 0.15) is 31.2 Å². The predicted octanol–water partition coefficient (Wildman–Crippen LogP) is 4.29. The number of halogens is 1. The lowest BCUT2D eigenvalue weighted by Crippen LogP contribution is -2.26. The number of hydrogen-bond acceptors (Lipinski definition) is 6. The summed E-state index contributed by atoms with van der Waals surface area (Å²) in [6, 6.07) is 12.6. The summed E-state index contributed by atoms with van der Waals surface area (Å²) in [5, 5.41) is 3.98. The zero-order chi connectivity index (χ0) is 21.2. The van der Waals surface area contributed by atoms with Crippen molar-refractivity contribution in [1.82, 2.24) is 14.4 Å². The van der Waals surface area contributed by atoms with E-state index in [1.807, 2.05) is 46.9 Å². The Balaban J connectivity index is 1.77. The molecule has 0 radical (unpaired) electrons. The molecule has 0 saturated carbocycles. The summed E-state index contributed by atoms with van der Waals surface area (Å²) in [5.74, 6) is 1.71. The number of methoxy groups -OCH3 is 1. The maximum atomic E-state index is 12.9. The zero-order valence-corrected chi connectivity index (χ0v) is 19.6. The summed E-state index contributed by atoms with van der Waals surface area (Å²) in [5.41, 5.74) is 2.04. The van der Waals surface area contributed by atoms with Gasteiger partial charge in [0, 0.05) is 12.6 Å². The Hall–Kier alpha value is -1.98. The number of aromatic nitrogens is 2. The highest BCUT2D eigenvalue weighted by Gasteiger charge is 2.24. The lowest BCUT2D eigenvalue weighted by molar-refractivity contribution is 0.336. The van der Waals surface area contributed by atoms with E-state index in [-0.39, 0.29) is 17.3 Å². The first-order valence-corrected chi connectivity index (χ1v) is 11.5. The van der Waals surface area contributed by atoms with Crippen LogP contribution in [0.3, 0.4) is 0 Å². The third kappa shape index (κ3) is 4.78. The average molecular weight is 527 g/mol. The van der Waals surface area contributed by atoms with Crippen molar-refractivity contribution in [2.45, 2.75) is 31.2 Å². The van der Waals surface area contributed by atoms with Crippen molar-refractivity contribution >= 4 is 32.6 Å². The van der Waals surface area contributed by atoms with Crippen LogP contribution in [0, 0.1) is 3.57 Å². The van der Waals surface area contributed by atoms with Gasteiger partial charge in [-0.1, -0.05) is 43.3 Å². The molecule has 9 heteroatoms. The summed E-state index contributed by atoms with van der Waals surface area (Å²) in [4.78, 5) is 4.52. The minimum Gasteiger partial charge on any atom is -0.496 e. The quantitative estimate of drug-likeness (QED) is 0.427. The van der Waals surface area contributed by atoms with Crippen LogP contribution >= 0.6 is 22.6 Å². The van der Waals surface area contributed by atoms with Crippen LogP contribution in [-0.2, 0) is 16.6 Å². The molecular formula is C20H22IN3O4S. The van der Waals surface area contributed by atoms with E-state index in [4.69, 9.17) is 9.26 Å². The number of rotatable bonds is 7. The van der Waals surface area contributed by atoms with Gasteiger partial charge in [-0.25, -0.2) is 8.42 Å². The Kier molecular flexibility index (Phi) is 6.59. The molecule has 1 heterocycles. The molecule has 0 aliphatic carbocycles. The van der Waals surface area contributed by atoms with Crippen molar-refractivity contribution in [2.75, 3.05) is 14.2 Å². The predicted molar refractivity (Wildman–Crippen MR) is 118 cm³/mol. The second kappa shape index (κ2) is 8.80. The molecule has 0 unspecified atom stereocenters. The third-order valence-electron chi connectivity index (χ3n) is 4.49. The molecule has 1 aromatic heterocycles. The lowest BCUT2D eigenvalue weighted by atomic mass is 10.0. The van der Waals surface area contributed by atoms with Crippen LogP contribution in [0.5, 0.6) is 5.75 Å². The molecule has 0 aliphatic heterocycles. The average Bonchev–Trinajstić information content (AvgIpc) is 3.16. The van der Waals surface area contributed by atoms with Gasteiger partial charge < -0.3 is 9.26 Å². The van der Waals surface area contributed by atoms with Gasteiger partial charge in [0.1, 0.15) is 5.75 Å². The fraction of sp³-hybridized carbons (Fsp3) is 0.300. The number of nitrogens with zero attached hydrogens (tertiary/aromatic N) is 3. The van der Waals surface area contributed by atoms with Crippen molar-refractivity contribution in [1.29, 1.82) is 0 Å². The number of benzene rings is 2. The first-order valence-electron chi connectivity index (χ1n) is 8.95. The largest absolute Gasteiger partial charge is 0.496 e. The van der Waals surface area contributed by atoms with Crippen LogP contribution < -0.4 is 4.74 Å². The highest BCUT2D eigenvalue weighted by atomic mass is 127. The standard InChI is InChI=1S/C20H22IN3O4S/c1-13(2)14-5-7-15(8-6-14)20-22-19(28-23-20)12-24(3)29(25,26)16-9-10-18(27-4)17(21)11-16/h5-11,13H,12H2,1-4H3. The van der Waals surface area contributed by atoms with Gasteiger partial charge in [-0.15, -0.1) is 0 Å². The van der Waals surface area contributed by atoms with Gasteiger partial charge in [-0.3, -0.25) is 0 Å². The molecule has 0 amide bonds. The van der Waals surface area contributed by atoms with E-state index in [1.54, 1.807) is 19.2 Å². The molecule has 7 nitrogen and oxygen atoms in total. The Morgan fingerprint density at radius 2 is 1.86 bits per heavy atom. The Labute approximate surface area is 184 Å². The monoisotopic (exact) mass is 527 g/mol. The molecule has 0 aliphatic rings. The molecule has 2 aromatic carbocycles. The van der Waals surface area contributed by atoms with Crippen molar-refractivity contribution < 1.29 is 17.7 Å². The van der Waals surface area contributed by atoms with E-state index in [0.29, 0.717) is 21.1 Å². The Morgan fingerprint density at radius 3 is 2.45 bits per heavy atom. The molecule has 0 atom stereocenters. The maximum Gasteiger partial charge on any atom is 0.243 e. The minimum absolute atomic E-state index is 0.0258. The van der Waals surface area contributed by atoms with E-state index in [2.05, 4.69) is 24.0 Å². The summed E-state index contributed by atoms with van der Waals surface area (Å²) >= 11 is 2.04. The van der Waals surface area contributed by atoms with E-state index < -0.39 is 10.0 Å². The van der Waals surface area contributed by atoms with E-state index in [1.165, 1.54) is 23.0 Å². The summed E-state index contributed by atoms with van der Waals surface area (Å²) in [6.07, 6.45) is 0. The van der Waals surface area contributed by atoms with Crippen LogP contribution in [0.4, 0.5) is 0 Å². The SMILES string of the molecule is COc1ccc(S(=O)(=O)N(C)Cc2nc(-c3ccc(C(C)C)cc3)no2)cc1I. The van der Waals surface area contributed by atoms with Gasteiger partial charge in [0.15, 0.2) is 0 Å². The molecule has 29 heavy (non-hydrogen) atoms. The van der Waals surface area contributed by atoms with Gasteiger partial charge in [0.2, 0.25) is 21.7 Å². The zero-order valence-electron chi connectivity index (χ0n) is 16.6. The first-order chi connectivity index (χ1) is 13.7. The Bertz CT molecular complexity index is 1100. The Morgan fingerprint density at radius 1 is 1.17 bits per heavy atom. The molecule has 0 N–H and O–H groups in total. The fourth-order valence-corrected chi connectivity index (χ4v) is 4.81. The van der Waals surface area contributed by atoms with Crippen molar-refractivity contribution in [2.24, 2.45) is 0 Å². The lowest BCUT2D eigenvalue weighted by Gasteiger charge is -2.15. The van der Waals surface area contributed by atoms with Crippen LogP contribution in [0.25, 0.3) is 11.4 Å². The van der Waals surface area contributed by atoms with E-state index in [9.17, 15) is 8.42 Å². The van der Waals surface area contributed by atoms with Gasteiger partial charge in [-0.2, -0.15) is 9.29 Å². The molecular weight excluding hydrogens is 505 g/mol. The molecule has 0 spiro atoms. The van der Waals surface area contributed by atoms with Crippen molar-refractivity contribution in [3.8, 4) is 17.1 Å². The van der Waals surface area contributed by atoms with Gasteiger partial charge in [0.25, 0.3) is 0 Å².